The average Bonchev–Trinajstić information content (AvgIpc) is 2.83. The van der Waals surface area contributed by atoms with Gasteiger partial charge in [0.15, 0.2) is 6.61 Å². The first-order valence-corrected chi connectivity index (χ1v) is 10.7. The maximum Gasteiger partial charge on any atom is 0.262 e. The number of methoxy groups -OCH3 is 1. The molecule has 0 radical (unpaired) electrons. The van der Waals surface area contributed by atoms with E-state index in [1.165, 1.54) is 0 Å². The number of nitrogens with one attached hydrogen (secondary N) is 3. The Bertz CT molecular complexity index is 1120. The van der Waals surface area contributed by atoms with Crippen molar-refractivity contribution in [2.45, 2.75) is 0 Å². The van der Waals surface area contributed by atoms with E-state index in [0.29, 0.717) is 17.1 Å². The molecule has 0 saturated heterocycles. The number of anilines is 2. The topological polar surface area (TPSA) is 106 Å². The first-order valence-electron chi connectivity index (χ1n) is 9.94. The third-order valence-electron chi connectivity index (χ3n) is 4.40. The molecule has 0 saturated carbocycles. The molecule has 3 aromatic carbocycles. The minimum absolute atomic E-state index is 0.214. The summed E-state index contributed by atoms with van der Waals surface area (Å²) in [4.78, 5) is 36.9. The standard InChI is InChI=1S/C24H22BrN3O5/c1-32-19-12-10-18(11-13-19)27-22(29)14-26-24(31)20-4-2-3-5-21(20)33-15-23(30)28-17-8-6-16(25)7-9-17/h2-13H,14-15H2,1H3,(H,26,31)(H,27,29)(H,28,30). The third kappa shape index (κ3) is 7.36. The zero-order valence-corrected chi connectivity index (χ0v) is 19.3. The Morgan fingerprint density at radius 1 is 0.818 bits per heavy atom. The summed E-state index contributed by atoms with van der Waals surface area (Å²) in [7, 11) is 1.56. The van der Waals surface area contributed by atoms with Gasteiger partial charge in [-0.2, -0.15) is 0 Å². The summed E-state index contributed by atoms with van der Waals surface area (Å²) in [5.74, 6) is -0.351. The van der Waals surface area contributed by atoms with Gasteiger partial charge in [0, 0.05) is 15.8 Å². The Morgan fingerprint density at radius 2 is 1.42 bits per heavy atom. The van der Waals surface area contributed by atoms with Gasteiger partial charge < -0.3 is 25.4 Å². The van der Waals surface area contributed by atoms with Gasteiger partial charge >= 0.3 is 0 Å². The molecule has 3 amide bonds. The minimum Gasteiger partial charge on any atom is -0.497 e. The fourth-order valence-electron chi connectivity index (χ4n) is 2.79. The van der Waals surface area contributed by atoms with Gasteiger partial charge in [0.1, 0.15) is 11.5 Å². The molecule has 0 aromatic heterocycles. The number of rotatable bonds is 9. The van der Waals surface area contributed by atoms with E-state index in [0.717, 1.165) is 4.47 Å². The molecule has 0 bridgehead atoms. The molecule has 0 atom stereocenters. The van der Waals surface area contributed by atoms with Crippen molar-refractivity contribution in [1.29, 1.82) is 0 Å². The number of carbonyl (C=O) groups is 3. The van der Waals surface area contributed by atoms with Crippen molar-refractivity contribution < 1.29 is 23.9 Å². The van der Waals surface area contributed by atoms with Gasteiger partial charge in [-0.25, -0.2) is 0 Å². The normalized spacial score (nSPS) is 10.1. The molecule has 3 N–H and O–H groups in total. The lowest BCUT2D eigenvalue weighted by atomic mass is 10.2. The molecular formula is C24H22BrN3O5. The average molecular weight is 512 g/mol. The molecule has 170 valence electrons. The van der Waals surface area contributed by atoms with Crippen LogP contribution in [0.5, 0.6) is 11.5 Å². The number of hydrogen-bond acceptors (Lipinski definition) is 5. The van der Waals surface area contributed by atoms with Gasteiger partial charge in [-0.3, -0.25) is 14.4 Å². The molecule has 0 aliphatic carbocycles. The third-order valence-corrected chi connectivity index (χ3v) is 4.93. The second-order valence-corrected chi connectivity index (χ2v) is 7.71. The van der Waals surface area contributed by atoms with Gasteiger partial charge in [-0.1, -0.05) is 28.1 Å². The number of ether oxygens (including phenoxy) is 2. The molecule has 0 aliphatic heterocycles. The molecule has 3 aromatic rings. The Balaban J connectivity index is 1.51. The van der Waals surface area contributed by atoms with Crippen LogP contribution in [0.1, 0.15) is 10.4 Å². The van der Waals surface area contributed by atoms with Gasteiger partial charge in [0.2, 0.25) is 5.91 Å². The predicted octanol–water partition coefficient (Wildman–Crippen LogP) is 3.84. The highest BCUT2D eigenvalue weighted by molar-refractivity contribution is 9.10. The molecule has 9 heteroatoms. The minimum atomic E-state index is -0.496. The molecular weight excluding hydrogens is 490 g/mol. The predicted molar refractivity (Wildman–Crippen MR) is 129 cm³/mol. The largest absolute Gasteiger partial charge is 0.497 e. The molecule has 3 rings (SSSR count). The van der Waals surface area contributed by atoms with E-state index in [9.17, 15) is 14.4 Å². The second-order valence-electron chi connectivity index (χ2n) is 6.80. The number of benzene rings is 3. The Kier molecular flexibility index (Phi) is 8.43. The highest BCUT2D eigenvalue weighted by atomic mass is 79.9. The first-order chi connectivity index (χ1) is 15.9. The fourth-order valence-corrected chi connectivity index (χ4v) is 3.05. The molecule has 33 heavy (non-hydrogen) atoms. The summed E-state index contributed by atoms with van der Waals surface area (Å²) in [6.07, 6.45) is 0. The van der Waals surface area contributed by atoms with Gasteiger partial charge in [0.05, 0.1) is 19.2 Å². The Labute approximate surface area is 199 Å². The van der Waals surface area contributed by atoms with E-state index in [1.54, 1.807) is 79.9 Å². The summed E-state index contributed by atoms with van der Waals surface area (Å²) in [6.45, 7) is -0.512. The van der Waals surface area contributed by atoms with Crippen molar-refractivity contribution in [3.05, 3.63) is 82.8 Å². The Hall–Kier alpha value is -3.85. The number of carbonyl (C=O) groups excluding carboxylic acids is 3. The van der Waals surface area contributed by atoms with Crippen molar-refractivity contribution in [3.63, 3.8) is 0 Å². The van der Waals surface area contributed by atoms with Crippen molar-refractivity contribution in [3.8, 4) is 11.5 Å². The quantitative estimate of drug-likeness (QED) is 0.404. The van der Waals surface area contributed by atoms with E-state index in [-0.39, 0.29) is 36.3 Å². The van der Waals surface area contributed by atoms with Crippen LogP contribution >= 0.6 is 15.9 Å². The summed E-state index contributed by atoms with van der Waals surface area (Å²) in [5, 5.41) is 7.95. The fraction of sp³-hybridized carbons (Fsp3) is 0.125. The summed E-state index contributed by atoms with van der Waals surface area (Å²) in [6, 6.07) is 20.4. The maximum absolute atomic E-state index is 12.6. The summed E-state index contributed by atoms with van der Waals surface area (Å²) >= 11 is 3.33. The molecule has 0 aliphatic rings. The van der Waals surface area contributed by atoms with E-state index in [1.807, 2.05) is 0 Å². The number of amides is 3. The number of hydrogen-bond donors (Lipinski definition) is 3. The van der Waals surface area contributed by atoms with Gasteiger partial charge in [-0.15, -0.1) is 0 Å². The van der Waals surface area contributed by atoms with Crippen molar-refractivity contribution in [2.24, 2.45) is 0 Å². The van der Waals surface area contributed by atoms with Crippen LogP contribution in [-0.2, 0) is 9.59 Å². The molecule has 8 nitrogen and oxygen atoms in total. The zero-order chi connectivity index (χ0) is 23.6. The van der Waals surface area contributed by atoms with Crippen LogP contribution in [0.15, 0.2) is 77.3 Å². The van der Waals surface area contributed by atoms with Crippen molar-refractivity contribution >= 4 is 45.0 Å². The lowest BCUT2D eigenvalue weighted by Crippen LogP contribution is -2.33. The van der Waals surface area contributed by atoms with Crippen LogP contribution in [0.2, 0.25) is 0 Å². The monoisotopic (exact) mass is 511 g/mol. The zero-order valence-electron chi connectivity index (χ0n) is 17.8. The van der Waals surface area contributed by atoms with Gasteiger partial charge in [-0.05, 0) is 60.7 Å². The van der Waals surface area contributed by atoms with Crippen molar-refractivity contribution in [2.75, 3.05) is 30.9 Å². The van der Waals surface area contributed by atoms with Gasteiger partial charge in [0.25, 0.3) is 11.8 Å². The molecule has 0 spiro atoms. The lowest BCUT2D eigenvalue weighted by Gasteiger charge is -2.12. The Morgan fingerprint density at radius 3 is 2.09 bits per heavy atom. The molecule has 0 fully saturated rings. The van der Waals surface area contributed by atoms with Crippen LogP contribution < -0.4 is 25.4 Å². The van der Waals surface area contributed by atoms with E-state index in [2.05, 4.69) is 31.9 Å². The first kappa shape index (κ1) is 23.8. The van der Waals surface area contributed by atoms with Crippen LogP contribution in [0.25, 0.3) is 0 Å². The number of para-hydroxylation sites is 1. The van der Waals surface area contributed by atoms with Crippen LogP contribution in [-0.4, -0.2) is 38.0 Å². The molecule has 0 heterocycles. The second kappa shape index (κ2) is 11.7. The van der Waals surface area contributed by atoms with Crippen molar-refractivity contribution in [1.82, 2.24) is 5.32 Å². The smallest absolute Gasteiger partial charge is 0.262 e. The SMILES string of the molecule is COc1ccc(NC(=O)CNC(=O)c2ccccc2OCC(=O)Nc2ccc(Br)cc2)cc1. The summed E-state index contributed by atoms with van der Waals surface area (Å²) < 4.78 is 11.5. The van der Waals surface area contributed by atoms with Crippen LogP contribution in [0.3, 0.4) is 0 Å². The summed E-state index contributed by atoms with van der Waals surface area (Å²) in [5.41, 5.74) is 1.42. The van der Waals surface area contributed by atoms with Crippen LogP contribution in [0, 0.1) is 0 Å². The lowest BCUT2D eigenvalue weighted by molar-refractivity contribution is -0.118. The number of halogens is 1. The van der Waals surface area contributed by atoms with Crippen LogP contribution in [0.4, 0.5) is 11.4 Å². The van der Waals surface area contributed by atoms with E-state index >= 15 is 0 Å². The molecule has 0 unspecified atom stereocenters. The maximum atomic E-state index is 12.6. The highest BCUT2D eigenvalue weighted by Crippen LogP contribution is 2.19. The highest BCUT2D eigenvalue weighted by Gasteiger charge is 2.14. The van der Waals surface area contributed by atoms with E-state index in [4.69, 9.17) is 9.47 Å². The van der Waals surface area contributed by atoms with E-state index < -0.39 is 5.91 Å².